The average Bonchev–Trinajstić information content (AvgIpc) is 3.38. The number of ether oxygens (including phenoxy) is 1. The number of carbonyl (C=O) groups is 2. The SMILES string of the molecule is CC1Oc2ccc(-c3csc(-c4ccccn4)n3)cc2N(CC(=O)Nc2ccccc2C(C)C)C1=O. The summed E-state index contributed by atoms with van der Waals surface area (Å²) in [5.74, 6) is 0.276. The lowest BCUT2D eigenvalue weighted by atomic mass is 10.0. The lowest BCUT2D eigenvalue weighted by molar-refractivity contribution is -0.127. The first-order valence-corrected chi connectivity index (χ1v) is 12.7. The molecule has 0 radical (unpaired) electrons. The molecule has 1 aliphatic rings. The number of anilines is 2. The molecule has 1 unspecified atom stereocenters. The minimum Gasteiger partial charge on any atom is -0.479 e. The zero-order valence-corrected chi connectivity index (χ0v) is 21.1. The van der Waals surface area contributed by atoms with E-state index < -0.39 is 6.10 Å². The second-order valence-corrected chi connectivity index (χ2v) is 9.77. The highest BCUT2D eigenvalue weighted by atomic mass is 32.1. The van der Waals surface area contributed by atoms with Crippen LogP contribution in [0.1, 0.15) is 32.3 Å². The second kappa shape index (κ2) is 9.91. The van der Waals surface area contributed by atoms with Gasteiger partial charge in [-0.3, -0.25) is 19.5 Å². The van der Waals surface area contributed by atoms with Crippen molar-refractivity contribution in [2.75, 3.05) is 16.8 Å². The van der Waals surface area contributed by atoms with Crippen molar-refractivity contribution in [2.24, 2.45) is 0 Å². The molecule has 36 heavy (non-hydrogen) atoms. The molecule has 0 fully saturated rings. The molecular formula is C28H26N4O3S. The van der Waals surface area contributed by atoms with Crippen LogP contribution in [0.2, 0.25) is 0 Å². The fraction of sp³-hybridized carbons (Fsp3) is 0.214. The van der Waals surface area contributed by atoms with E-state index in [0.29, 0.717) is 11.4 Å². The number of aromatic nitrogens is 2. The molecular weight excluding hydrogens is 472 g/mol. The summed E-state index contributed by atoms with van der Waals surface area (Å²) in [6.07, 6.45) is 1.05. The van der Waals surface area contributed by atoms with Crippen LogP contribution in [0.15, 0.2) is 72.2 Å². The first-order chi connectivity index (χ1) is 17.4. The first kappa shape index (κ1) is 23.7. The number of carbonyl (C=O) groups excluding carboxylic acids is 2. The van der Waals surface area contributed by atoms with E-state index in [1.165, 1.54) is 16.2 Å². The third-order valence-corrected chi connectivity index (χ3v) is 6.87. The number of nitrogens with one attached hydrogen (secondary N) is 1. The van der Waals surface area contributed by atoms with Crippen molar-refractivity contribution in [1.29, 1.82) is 0 Å². The van der Waals surface area contributed by atoms with Gasteiger partial charge in [0.05, 0.1) is 17.1 Å². The van der Waals surface area contributed by atoms with Crippen LogP contribution in [0.4, 0.5) is 11.4 Å². The Kier molecular flexibility index (Phi) is 6.52. The summed E-state index contributed by atoms with van der Waals surface area (Å²) in [5.41, 5.74) is 4.75. The molecule has 7 nitrogen and oxygen atoms in total. The standard InChI is InChI=1S/C28H26N4O3S/c1-17(2)20-8-4-5-9-21(20)30-26(33)15-32-24-14-19(11-12-25(24)35-18(3)28(32)34)23-16-36-27(31-23)22-10-6-7-13-29-22/h4-14,16-18H,15H2,1-3H3,(H,30,33). The number of benzene rings is 2. The number of pyridine rings is 1. The molecule has 1 N–H and O–H groups in total. The largest absolute Gasteiger partial charge is 0.479 e. The topological polar surface area (TPSA) is 84.4 Å². The van der Waals surface area contributed by atoms with Gasteiger partial charge in [-0.05, 0) is 54.8 Å². The highest BCUT2D eigenvalue weighted by Crippen LogP contribution is 2.38. The van der Waals surface area contributed by atoms with Gasteiger partial charge in [0, 0.05) is 22.8 Å². The monoisotopic (exact) mass is 498 g/mol. The van der Waals surface area contributed by atoms with Gasteiger partial charge in [-0.25, -0.2) is 4.98 Å². The van der Waals surface area contributed by atoms with E-state index in [-0.39, 0.29) is 24.3 Å². The molecule has 8 heteroatoms. The van der Waals surface area contributed by atoms with E-state index in [2.05, 4.69) is 24.1 Å². The molecule has 3 heterocycles. The first-order valence-electron chi connectivity index (χ1n) is 11.8. The highest BCUT2D eigenvalue weighted by molar-refractivity contribution is 7.13. The van der Waals surface area contributed by atoms with E-state index in [9.17, 15) is 9.59 Å². The number of hydrogen-bond donors (Lipinski definition) is 1. The van der Waals surface area contributed by atoms with Crippen molar-refractivity contribution >= 4 is 34.5 Å². The number of rotatable bonds is 6. The van der Waals surface area contributed by atoms with Gasteiger partial charge in [0.1, 0.15) is 17.3 Å². The third kappa shape index (κ3) is 4.72. The molecule has 182 valence electrons. The van der Waals surface area contributed by atoms with Crippen LogP contribution >= 0.6 is 11.3 Å². The number of amides is 2. The Labute approximate surface area is 213 Å². The molecule has 1 atom stereocenters. The predicted octanol–water partition coefficient (Wildman–Crippen LogP) is 5.75. The maximum absolute atomic E-state index is 13.1. The summed E-state index contributed by atoms with van der Waals surface area (Å²) in [5, 5.41) is 5.75. The van der Waals surface area contributed by atoms with Gasteiger partial charge in [0.25, 0.3) is 5.91 Å². The lowest BCUT2D eigenvalue weighted by Gasteiger charge is -2.33. The maximum atomic E-state index is 13.1. The van der Waals surface area contributed by atoms with Crippen LogP contribution < -0.4 is 15.0 Å². The summed E-state index contributed by atoms with van der Waals surface area (Å²) in [7, 11) is 0. The number of nitrogens with zero attached hydrogens (tertiary/aromatic N) is 3. The van der Waals surface area contributed by atoms with Crippen LogP contribution in [-0.2, 0) is 9.59 Å². The zero-order valence-electron chi connectivity index (χ0n) is 20.3. The fourth-order valence-electron chi connectivity index (χ4n) is 4.19. The average molecular weight is 499 g/mol. The van der Waals surface area contributed by atoms with Crippen molar-refractivity contribution in [2.45, 2.75) is 32.8 Å². The maximum Gasteiger partial charge on any atom is 0.268 e. The van der Waals surface area contributed by atoms with Crippen LogP contribution in [0, 0.1) is 0 Å². The Hall–Kier alpha value is -4.04. The van der Waals surface area contributed by atoms with Gasteiger partial charge in [0.15, 0.2) is 6.10 Å². The van der Waals surface area contributed by atoms with Gasteiger partial charge in [-0.1, -0.05) is 38.1 Å². The predicted molar refractivity (Wildman–Crippen MR) is 142 cm³/mol. The molecule has 2 amide bonds. The second-order valence-electron chi connectivity index (χ2n) is 8.91. The minimum atomic E-state index is -0.686. The molecule has 0 spiro atoms. The number of hydrogen-bond acceptors (Lipinski definition) is 6. The molecule has 5 rings (SSSR count). The zero-order chi connectivity index (χ0) is 25.2. The molecule has 0 saturated heterocycles. The molecule has 2 aromatic carbocycles. The van der Waals surface area contributed by atoms with Crippen LogP contribution in [-0.4, -0.2) is 34.4 Å². The third-order valence-electron chi connectivity index (χ3n) is 6.01. The highest BCUT2D eigenvalue weighted by Gasteiger charge is 2.33. The summed E-state index contributed by atoms with van der Waals surface area (Å²) in [6, 6.07) is 19.0. The van der Waals surface area contributed by atoms with Crippen LogP contribution in [0.3, 0.4) is 0 Å². The summed E-state index contributed by atoms with van der Waals surface area (Å²) in [6.45, 7) is 5.73. The van der Waals surface area contributed by atoms with Crippen molar-refractivity contribution in [3.63, 3.8) is 0 Å². The summed E-state index contributed by atoms with van der Waals surface area (Å²) in [4.78, 5) is 36.8. The molecule has 0 aliphatic carbocycles. The Morgan fingerprint density at radius 1 is 1.11 bits per heavy atom. The Balaban J connectivity index is 1.43. The Morgan fingerprint density at radius 3 is 2.69 bits per heavy atom. The van der Waals surface area contributed by atoms with Gasteiger partial charge in [-0.15, -0.1) is 11.3 Å². The van der Waals surface area contributed by atoms with E-state index in [4.69, 9.17) is 9.72 Å². The lowest BCUT2D eigenvalue weighted by Crippen LogP contribution is -2.47. The number of thiazole rings is 1. The molecule has 0 saturated carbocycles. The van der Waals surface area contributed by atoms with E-state index >= 15 is 0 Å². The van der Waals surface area contributed by atoms with Crippen molar-refractivity contribution in [3.05, 3.63) is 77.8 Å². The van der Waals surface area contributed by atoms with Crippen LogP contribution in [0.25, 0.3) is 22.0 Å². The summed E-state index contributed by atoms with van der Waals surface area (Å²) >= 11 is 1.50. The molecule has 4 aromatic rings. The molecule has 0 bridgehead atoms. The van der Waals surface area contributed by atoms with Gasteiger partial charge in [0.2, 0.25) is 5.91 Å². The fourth-order valence-corrected chi connectivity index (χ4v) is 4.99. The normalized spacial score (nSPS) is 14.9. The minimum absolute atomic E-state index is 0.119. The van der Waals surface area contributed by atoms with Crippen molar-refractivity contribution in [1.82, 2.24) is 9.97 Å². The Bertz CT molecular complexity index is 1420. The van der Waals surface area contributed by atoms with E-state index in [0.717, 1.165) is 33.2 Å². The number of fused-ring (bicyclic) bond motifs is 1. The van der Waals surface area contributed by atoms with Gasteiger partial charge < -0.3 is 10.1 Å². The van der Waals surface area contributed by atoms with E-state index in [1.54, 1.807) is 13.1 Å². The quantitative estimate of drug-likeness (QED) is 0.366. The van der Waals surface area contributed by atoms with Gasteiger partial charge in [-0.2, -0.15) is 0 Å². The van der Waals surface area contributed by atoms with Crippen molar-refractivity contribution < 1.29 is 14.3 Å². The summed E-state index contributed by atoms with van der Waals surface area (Å²) < 4.78 is 5.84. The van der Waals surface area contributed by atoms with E-state index in [1.807, 2.05) is 66.0 Å². The smallest absolute Gasteiger partial charge is 0.268 e. The Morgan fingerprint density at radius 2 is 1.92 bits per heavy atom. The number of para-hydroxylation sites is 1. The van der Waals surface area contributed by atoms with Crippen molar-refractivity contribution in [3.8, 4) is 27.7 Å². The molecule has 1 aliphatic heterocycles. The van der Waals surface area contributed by atoms with Gasteiger partial charge >= 0.3 is 0 Å². The molecule has 2 aromatic heterocycles. The van der Waals surface area contributed by atoms with Crippen LogP contribution in [0.5, 0.6) is 5.75 Å².